The summed E-state index contributed by atoms with van der Waals surface area (Å²) in [4.78, 5) is 13.1. The summed E-state index contributed by atoms with van der Waals surface area (Å²) in [5.41, 5.74) is 5.35. The van der Waals surface area contributed by atoms with Crippen LogP contribution in [0.25, 0.3) is 32.7 Å². The maximum atomic E-state index is 6.10. The minimum absolute atomic E-state index is 0.538. The lowest BCUT2D eigenvalue weighted by Gasteiger charge is -2.19. The molecular formula is C22H20ClN3S. The van der Waals surface area contributed by atoms with Gasteiger partial charge in [-0.2, -0.15) is 0 Å². The molecule has 0 aliphatic heterocycles. The minimum Gasteiger partial charge on any atom is -0.341 e. The molecule has 1 saturated carbocycles. The van der Waals surface area contributed by atoms with Crippen LogP contribution in [0, 0.1) is 0 Å². The standard InChI is InChI=1S/C22H20ClN3S/c23-22-24-17-12-11-16(13-18(17)27-22)20-19(14-7-3-1-4-8-14)25-21(26-20)15-9-5-2-6-10-15/h1,3-4,7-8,11-13,15H,2,5-6,9-10H2,(H,25,26). The van der Waals surface area contributed by atoms with Gasteiger partial charge in [-0.1, -0.05) is 67.3 Å². The van der Waals surface area contributed by atoms with Crippen LogP contribution in [0.15, 0.2) is 48.5 Å². The highest BCUT2D eigenvalue weighted by molar-refractivity contribution is 7.22. The molecule has 5 heteroatoms. The first-order valence-electron chi connectivity index (χ1n) is 9.50. The molecule has 2 heterocycles. The number of H-pyrrole nitrogens is 1. The Labute approximate surface area is 167 Å². The second-order valence-electron chi connectivity index (χ2n) is 7.20. The van der Waals surface area contributed by atoms with Crippen LogP contribution >= 0.6 is 22.9 Å². The smallest absolute Gasteiger partial charge is 0.184 e. The lowest BCUT2D eigenvalue weighted by atomic mass is 9.89. The Balaban J connectivity index is 1.65. The number of fused-ring (bicyclic) bond motifs is 1. The van der Waals surface area contributed by atoms with E-state index in [0.717, 1.165) is 33.0 Å². The van der Waals surface area contributed by atoms with E-state index >= 15 is 0 Å². The fourth-order valence-corrected chi connectivity index (χ4v) is 5.10. The van der Waals surface area contributed by atoms with Crippen molar-refractivity contribution in [2.75, 3.05) is 0 Å². The highest BCUT2D eigenvalue weighted by Crippen LogP contribution is 2.38. The number of aromatic amines is 1. The lowest BCUT2D eigenvalue weighted by Crippen LogP contribution is -2.06. The van der Waals surface area contributed by atoms with E-state index in [2.05, 4.69) is 46.4 Å². The fourth-order valence-electron chi connectivity index (χ4n) is 4.03. The first-order valence-corrected chi connectivity index (χ1v) is 10.7. The quantitative estimate of drug-likeness (QED) is 0.405. The molecule has 0 atom stereocenters. The topological polar surface area (TPSA) is 41.6 Å². The molecule has 1 aliphatic carbocycles. The van der Waals surface area contributed by atoms with Crippen molar-refractivity contribution in [1.29, 1.82) is 0 Å². The third-order valence-corrected chi connectivity index (χ3v) is 6.53. The molecule has 2 aromatic heterocycles. The average Bonchev–Trinajstić information content (AvgIpc) is 3.31. The van der Waals surface area contributed by atoms with Gasteiger partial charge in [0.2, 0.25) is 0 Å². The molecule has 0 bridgehead atoms. The Morgan fingerprint density at radius 3 is 2.56 bits per heavy atom. The summed E-state index contributed by atoms with van der Waals surface area (Å²) >= 11 is 7.61. The van der Waals surface area contributed by atoms with Gasteiger partial charge < -0.3 is 4.98 Å². The molecular weight excluding hydrogens is 374 g/mol. The highest BCUT2D eigenvalue weighted by atomic mass is 35.5. The number of hydrogen-bond acceptors (Lipinski definition) is 3. The summed E-state index contributed by atoms with van der Waals surface area (Å²) in [7, 11) is 0. The third-order valence-electron chi connectivity index (χ3n) is 5.41. The van der Waals surface area contributed by atoms with Crippen molar-refractivity contribution in [2.24, 2.45) is 0 Å². The Hall–Kier alpha value is -2.17. The van der Waals surface area contributed by atoms with Crippen LogP contribution in [0.4, 0.5) is 0 Å². The Kier molecular flexibility index (Phi) is 4.46. The SMILES string of the molecule is Clc1nc2ccc(-c3nc(C4CCCCC4)[nH]c3-c3ccccc3)cc2s1. The van der Waals surface area contributed by atoms with Crippen molar-refractivity contribution >= 4 is 33.2 Å². The van der Waals surface area contributed by atoms with Crippen LogP contribution in [0.3, 0.4) is 0 Å². The number of hydrogen-bond donors (Lipinski definition) is 1. The van der Waals surface area contributed by atoms with Gasteiger partial charge in [0, 0.05) is 17.0 Å². The van der Waals surface area contributed by atoms with Gasteiger partial charge >= 0.3 is 0 Å². The number of aromatic nitrogens is 3. The van der Waals surface area contributed by atoms with Gasteiger partial charge in [0.1, 0.15) is 5.82 Å². The summed E-state index contributed by atoms with van der Waals surface area (Å²) < 4.78 is 1.68. The first-order chi connectivity index (χ1) is 13.3. The Morgan fingerprint density at radius 1 is 0.926 bits per heavy atom. The molecule has 0 amide bonds. The predicted octanol–water partition coefficient (Wildman–Crippen LogP) is 7.05. The monoisotopic (exact) mass is 393 g/mol. The molecule has 1 N–H and O–H groups in total. The van der Waals surface area contributed by atoms with Crippen LogP contribution in [0.1, 0.15) is 43.8 Å². The summed E-state index contributed by atoms with van der Waals surface area (Å²) in [6.07, 6.45) is 6.40. The van der Waals surface area contributed by atoms with Gasteiger partial charge in [0.15, 0.2) is 4.47 Å². The van der Waals surface area contributed by atoms with Crippen molar-refractivity contribution in [1.82, 2.24) is 15.0 Å². The number of thiazole rings is 1. The van der Waals surface area contributed by atoms with Gasteiger partial charge in [-0.15, -0.1) is 11.3 Å². The zero-order valence-electron chi connectivity index (χ0n) is 14.9. The van der Waals surface area contributed by atoms with E-state index in [4.69, 9.17) is 16.6 Å². The van der Waals surface area contributed by atoms with Crippen LogP contribution in [0.5, 0.6) is 0 Å². The average molecular weight is 394 g/mol. The molecule has 27 heavy (non-hydrogen) atoms. The third kappa shape index (κ3) is 3.28. The van der Waals surface area contributed by atoms with Crippen LogP contribution < -0.4 is 0 Å². The van der Waals surface area contributed by atoms with Crippen molar-refractivity contribution in [3.63, 3.8) is 0 Å². The summed E-state index contributed by atoms with van der Waals surface area (Å²) in [6, 6.07) is 16.8. The normalized spacial score (nSPS) is 15.4. The van der Waals surface area contributed by atoms with E-state index < -0.39 is 0 Å². The van der Waals surface area contributed by atoms with E-state index in [0.29, 0.717) is 10.4 Å². The molecule has 5 rings (SSSR count). The van der Waals surface area contributed by atoms with Crippen LogP contribution in [-0.4, -0.2) is 15.0 Å². The van der Waals surface area contributed by atoms with Gasteiger partial charge in [0.25, 0.3) is 0 Å². The molecule has 3 nitrogen and oxygen atoms in total. The molecule has 0 radical (unpaired) electrons. The van der Waals surface area contributed by atoms with Crippen LogP contribution in [-0.2, 0) is 0 Å². The number of nitrogens with zero attached hydrogens (tertiary/aromatic N) is 2. The molecule has 0 spiro atoms. The van der Waals surface area contributed by atoms with Crippen molar-refractivity contribution in [3.05, 3.63) is 58.8 Å². The minimum atomic E-state index is 0.538. The second kappa shape index (κ2) is 7.10. The second-order valence-corrected chi connectivity index (χ2v) is 8.81. The molecule has 2 aromatic carbocycles. The molecule has 136 valence electrons. The first kappa shape index (κ1) is 17.0. The van der Waals surface area contributed by atoms with E-state index in [1.54, 1.807) is 0 Å². The van der Waals surface area contributed by atoms with Crippen LogP contribution in [0.2, 0.25) is 4.47 Å². The number of rotatable bonds is 3. The molecule has 4 aromatic rings. The Bertz CT molecular complexity index is 1080. The summed E-state index contributed by atoms with van der Waals surface area (Å²) in [5.74, 6) is 1.67. The maximum Gasteiger partial charge on any atom is 0.184 e. The summed E-state index contributed by atoms with van der Waals surface area (Å²) in [6.45, 7) is 0. The number of imidazole rings is 1. The van der Waals surface area contributed by atoms with E-state index in [1.807, 2.05) is 12.1 Å². The predicted molar refractivity (Wildman–Crippen MR) is 113 cm³/mol. The zero-order chi connectivity index (χ0) is 18.2. The lowest BCUT2D eigenvalue weighted by molar-refractivity contribution is 0.431. The van der Waals surface area contributed by atoms with Crippen molar-refractivity contribution in [3.8, 4) is 22.5 Å². The van der Waals surface area contributed by atoms with Gasteiger partial charge in [0.05, 0.1) is 21.6 Å². The van der Waals surface area contributed by atoms with Crippen molar-refractivity contribution in [2.45, 2.75) is 38.0 Å². The van der Waals surface area contributed by atoms with Gasteiger partial charge in [-0.05, 0) is 25.0 Å². The maximum absolute atomic E-state index is 6.10. The number of benzene rings is 2. The fraction of sp³-hybridized carbons (Fsp3) is 0.273. The number of nitrogens with one attached hydrogen (secondary N) is 1. The van der Waals surface area contributed by atoms with E-state index in [-0.39, 0.29) is 0 Å². The zero-order valence-corrected chi connectivity index (χ0v) is 16.5. The van der Waals surface area contributed by atoms with E-state index in [1.165, 1.54) is 49.0 Å². The molecule has 1 fully saturated rings. The highest BCUT2D eigenvalue weighted by Gasteiger charge is 2.22. The summed E-state index contributed by atoms with van der Waals surface area (Å²) in [5, 5.41) is 0. The molecule has 0 saturated heterocycles. The van der Waals surface area contributed by atoms with Crippen molar-refractivity contribution < 1.29 is 0 Å². The van der Waals surface area contributed by atoms with Gasteiger partial charge in [-0.25, -0.2) is 9.97 Å². The largest absolute Gasteiger partial charge is 0.341 e. The van der Waals surface area contributed by atoms with E-state index in [9.17, 15) is 0 Å². The number of halogens is 1. The Morgan fingerprint density at radius 2 is 1.74 bits per heavy atom. The molecule has 1 aliphatic rings. The van der Waals surface area contributed by atoms with Gasteiger partial charge in [-0.3, -0.25) is 0 Å². The molecule has 0 unspecified atom stereocenters.